The van der Waals surface area contributed by atoms with E-state index in [-0.39, 0.29) is 28.2 Å². The first-order valence-corrected chi connectivity index (χ1v) is 12.8. The Morgan fingerprint density at radius 1 is 0.907 bits per heavy atom. The molecule has 1 aromatic heterocycles. The highest BCUT2D eigenvalue weighted by Crippen LogP contribution is 2.43. The number of aliphatic hydroxyl groups excluding tert-OH is 3. The maximum Gasteiger partial charge on any atom is 0.331 e. The number of phenols is 4. The molecule has 3 aromatic carbocycles. The molecule has 0 unspecified atom stereocenters. The van der Waals surface area contributed by atoms with E-state index in [0.717, 1.165) is 18.2 Å². The molecule has 0 bridgehead atoms. The molecule has 0 aliphatic carbocycles. The van der Waals surface area contributed by atoms with E-state index in [4.69, 9.17) is 18.6 Å². The van der Waals surface area contributed by atoms with E-state index in [9.17, 15) is 45.3 Å². The number of rotatable bonds is 7. The number of esters is 1. The summed E-state index contributed by atoms with van der Waals surface area (Å²) in [5, 5.41) is 70.9. The molecule has 5 atom stereocenters. The average molecular weight is 595 g/mol. The number of fused-ring (bicyclic) bond motifs is 1. The second kappa shape index (κ2) is 12.0. The van der Waals surface area contributed by atoms with E-state index in [0.29, 0.717) is 11.1 Å². The standard InChI is InChI=1S/C30H26O13/c31-13-22-25(37)27(39)29(42-23(36)10-3-14-1-6-16(32)7-2-14)30(41-22)43-28-19(35)12-21-24(26(28)38)18(34)11-20(40-21)15-4-8-17(33)9-5-15/h1-12,22,25,27,29-33,35,37-39H,13H2/b10-3+/t22-,25-,27+,29-,30+/m1/s1. The first-order valence-electron chi connectivity index (χ1n) is 12.8. The number of hydrogen-bond acceptors (Lipinski definition) is 13. The molecular formula is C30H26O13. The Balaban J connectivity index is 1.45. The monoisotopic (exact) mass is 594 g/mol. The lowest BCUT2D eigenvalue weighted by molar-refractivity contribution is -0.281. The van der Waals surface area contributed by atoms with Crippen molar-refractivity contribution in [3.8, 4) is 40.1 Å². The Bertz CT molecular complexity index is 1710. The smallest absolute Gasteiger partial charge is 0.331 e. The first kappa shape index (κ1) is 29.4. The van der Waals surface area contributed by atoms with Crippen LogP contribution in [0.4, 0.5) is 0 Å². The highest BCUT2D eigenvalue weighted by atomic mass is 16.7. The highest BCUT2D eigenvalue weighted by molar-refractivity contribution is 5.89. The molecule has 0 saturated carbocycles. The summed E-state index contributed by atoms with van der Waals surface area (Å²) < 4.78 is 22.1. The van der Waals surface area contributed by atoms with Crippen LogP contribution in [0.5, 0.6) is 28.7 Å². The summed E-state index contributed by atoms with van der Waals surface area (Å²) in [5.74, 6) is -3.18. The molecular weight excluding hydrogens is 568 g/mol. The molecule has 0 amide bonds. The second-order valence-electron chi connectivity index (χ2n) is 9.62. The molecule has 224 valence electrons. The number of carbonyl (C=O) groups excluding carboxylic acids is 1. The quantitative estimate of drug-likeness (QED) is 0.120. The van der Waals surface area contributed by atoms with Crippen LogP contribution in [0.15, 0.2) is 76.0 Å². The van der Waals surface area contributed by atoms with Gasteiger partial charge in [-0.3, -0.25) is 4.79 Å². The van der Waals surface area contributed by atoms with E-state index in [1.807, 2.05) is 0 Å². The van der Waals surface area contributed by atoms with Gasteiger partial charge in [0.15, 0.2) is 23.0 Å². The minimum Gasteiger partial charge on any atom is -0.508 e. The number of ether oxygens (including phenoxy) is 3. The predicted molar refractivity (Wildman–Crippen MR) is 148 cm³/mol. The fraction of sp³-hybridized carbons (Fsp3) is 0.200. The van der Waals surface area contributed by atoms with Gasteiger partial charge in [0.2, 0.25) is 12.0 Å². The zero-order chi connectivity index (χ0) is 30.8. The van der Waals surface area contributed by atoms with Crippen molar-refractivity contribution in [1.29, 1.82) is 0 Å². The summed E-state index contributed by atoms with van der Waals surface area (Å²) >= 11 is 0. The van der Waals surface area contributed by atoms with Gasteiger partial charge in [0.25, 0.3) is 0 Å². The molecule has 1 fully saturated rings. The van der Waals surface area contributed by atoms with Crippen molar-refractivity contribution in [3.63, 3.8) is 0 Å². The molecule has 7 N–H and O–H groups in total. The predicted octanol–water partition coefficient (Wildman–Crippen LogP) is 1.73. The molecule has 2 heterocycles. The lowest BCUT2D eigenvalue weighted by atomic mass is 9.99. The lowest BCUT2D eigenvalue weighted by Crippen LogP contribution is -2.61. The molecule has 1 aliphatic rings. The van der Waals surface area contributed by atoms with Crippen LogP contribution in [0.25, 0.3) is 28.4 Å². The van der Waals surface area contributed by atoms with Gasteiger partial charge in [-0.05, 0) is 48.0 Å². The maximum absolute atomic E-state index is 13.0. The topological polar surface area (TPSA) is 217 Å². The molecule has 13 nitrogen and oxygen atoms in total. The van der Waals surface area contributed by atoms with Gasteiger partial charge in [0.05, 0.1) is 6.61 Å². The van der Waals surface area contributed by atoms with Crippen LogP contribution in [-0.4, -0.2) is 79.0 Å². The van der Waals surface area contributed by atoms with Crippen molar-refractivity contribution >= 4 is 23.0 Å². The first-order chi connectivity index (χ1) is 20.5. The van der Waals surface area contributed by atoms with Crippen LogP contribution in [0, 0.1) is 0 Å². The Morgan fingerprint density at radius 2 is 1.56 bits per heavy atom. The van der Waals surface area contributed by atoms with Crippen LogP contribution in [0.3, 0.4) is 0 Å². The number of aromatic hydroxyl groups is 4. The van der Waals surface area contributed by atoms with Crippen LogP contribution in [0.2, 0.25) is 0 Å². The summed E-state index contributed by atoms with van der Waals surface area (Å²) in [7, 11) is 0. The number of aliphatic hydroxyl groups is 3. The van der Waals surface area contributed by atoms with Crippen molar-refractivity contribution in [2.75, 3.05) is 6.61 Å². The van der Waals surface area contributed by atoms with Gasteiger partial charge in [0, 0.05) is 23.8 Å². The molecule has 4 aromatic rings. The highest BCUT2D eigenvalue weighted by Gasteiger charge is 2.48. The third kappa shape index (κ3) is 6.10. The SMILES string of the molecule is O=C(/C=C/c1ccc(O)cc1)O[C@H]1[C@H](Oc2c(O)cc3oc(-c4ccc(O)cc4)cc(=O)c3c2O)O[C@H](CO)[C@@H](O)[C@@H]1O. The van der Waals surface area contributed by atoms with Crippen LogP contribution in [-0.2, 0) is 14.3 Å². The number of hydrogen-bond donors (Lipinski definition) is 7. The van der Waals surface area contributed by atoms with Gasteiger partial charge in [-0.15, -0.1) is 0 Å². The zero-order valence-electron chi connectivity index (χ0n) is 22.1. The van der Waals surface area contributed by atoms with E-state index < -0.39 is 66.0 Å². The molecule has 0 spiro atoms. The minimum absolute atomic E-state index is 0.00711. The molecule has 1 saturated heterocycles. The third-order valence-electron chi connectivity index (χ3n) is 6.69. The normalized spacial score (nSPS) is 22.1. The second-order valence-corrected chi connectivity index (χ2v) is 9.62. The van der Waals surface area contributed by atoms with Crippen LogP contribution in [0.1, 0.15) is 5.56 Å². The fourth-order valence-corrected chi connectivity index (χ4v) is 4.47. The molecule has 13 heteroatoms. The van der Waals surface area contributed by atoms with Gasteiger partial charge >= 0.3 is 5.97 Å². The Kier molecular flexibility index (Phi) is 8.23. The van der Waals surface area contributed by atoms with E-state index in [2.05, 4.69) is 0 Å². The van der Waals surface area contributed by atoms with Gasteiger partial charge in [-0.1, -0.05) is 12.1 Å². The molecule has 1 aliphatic heterocycles. The zero-order valence-corrected chi connectivity index (χ0v) is 22.1. The van der Waals surface area contributed by atoms with E-state index in [1.165, 1.54) is 54.6 Å². The number of carbonyl (C=O) groups is 1. The third-order valence-corrected chi connectivity index (χ3v) is 6.69. The number of phenolic OH excluding ortho intramolecular Hbond substituents is 4. The van der Waals surface area contributed by atoms with Crippen LogP contribution >= 0.6 is 0 Å². The van der Waals surface area contributed by atoms with Crippen molar-refractivity contribution in [1.82, 2.24) is 0 Å². The van der Waals surface area contributed by atoms with E-state index >= 15 is 0 Å². The van der Waals surface area contributed by atoms with Crippen molar-refractivity contribution in [3.05, 3.63) is 82.5 Å². The van der Waals surface area contributed by atoms with E-state index in [1.54, 1.807) is 0 Å². The van der Waals surface area contributed by atoms with Crippen LogP contribution < -0.4 is 10.2 Å². The molecule has 43 heavy (non-hydrogen) atoms. The minimum atomic E-state index is -1.84. The Morgan fingerprint density at radius 3 is 2.21 bits per heavy atom. The summed E-state index contributed by atoms with van der Waals surface area (Å²) in [5.41, 5.74) is 0.0241. The van der Waals surface area contributed by atoms with Gasteiger partial charge in [0.1, 0.15) is 46.5 Å². The van der Waals surface area contributed by atoms with Crippen molar-refractivity contribution in [2.24, 2.45) is 0 Å². The largest absolute Gasteiger partial charge is 0.508 e. The average Bonchev–Trinajstić information content (AvgIpc) is 2.98. The summed E-state index contributed by atoms with van der Waals surface area (Å²) in [4.78, 5) is 25.6. The Hall–Kier alpha value is -5.08. The lowest BCUT2D eigenvalue weighted by Gasteiger charge is -2.41. The Labute approximate surface area is 242 Å². The molecule has 0 radical (unpaired) electrons. The maximum atomic E-state index is 13.0. The molecule has 5 rings (SSSR count). The van der Waals surface area contributed by atoms with Gasteiger partial charge in [-0.25, -0.2) is 4.79 Å². The van der Waals surface area contributed by atoms with Gasteiger partial charge < -0.3 is 54.4 Å². The van der Waals surface area contributed by atoms with Crippen molar-refractivity contribution in [2.45, 2.75) is 30.7 Å². The fourth-order valence-electron chi connectivity index (χ4n) is 4.47. The van der Waals surface area contributed by atoms with Crippen molar-refractivity contribution < 1.29 is 59.2 Å². The summed E-state index contributed by atoms with van der Waals surface area (Å²) in [6.45, 7) is -0.779. The van der Waals surface area contributed by atoms with Gasteiger partial charge in [-0.2, -0.15) is 0 Å². The number of benzene rings is 3. The summed E-state index contributed by atoms with van der Waals surface area (Å²) in [6, 6.07) is 13.7. The summed E-state index contributed by atoms with van der Waals surface area (Å²) in [6.07, 6.45) is -6.14.